The lowest BCUT2D eigenvalue weighted by atomic mass is 9.84. The van der Waals surface area contributed by atoms with Crippen LogP contribution in [0.15, 0.2) is 29.2 Å². The van der Waals surface area contributed by atoms with Crippen LogP contribution in [0.25, 0.3) is 0 Å². The summed E-state index contributed by atoms with van der Waals surface area (Å²) in [5, 5.41) is 20.2. The van der Waals surface area contributed by atoms with Crippen molar-refractivity contribution in [2.45, 2.75) is 69.5 Å². The Bertz CT molecular complexity index is 794. The van der Waals surface area contributed by atoms with Crippen molar-refractivity contribution in [2.24, 2.45) is 5.92 Å². The minimum absolute atomic E-state index is 0.0247. The Kier molecular flexibility index (Phi) is 11.4. The molecule has 11 heteroatoms. The maximum atomic E-state index is 13.5. The van der Waals surface area contributed by atoms with Gasteiger partial charge in [-0.3, -0.25) is 0 Å². The van der Waals surface area contributed by atoms with Gasteiger partial charge in [-0.05, 0) is 76.6 Å². The largest absolute Gasteiger partial charge is 0.500 e. The van der Waals surface area contributed by atoms with Crippen molar-refractivity contribution in [3.63, 3.8) is 0 Å². The molecule has 3 atom stereocenters. The van der Waals surface area contributed by atoms with Gasteiger partial charge in [-0.15, -0.1) is 0 Å². The first-order valence-corrected chi connectivity index (χ1v) is 15.1. The molecule has 1 fully saturated rings. The van der Waals surface area contributed by atoms with Crippen LogP contribution in [0.1, 0.15) is 46.5 Å². The van der Waals surface area contributed by atoms with E-state index in [9.17, 15) is 23.0 Å². The Labute approximate surface area is 198 Å². The van der Waals surface area contributed by atoms with Crippen LogP contribution in [-0.4, -0.2) is 76.9 Å². The molecule has 0 radical (unpaired) electrons. The fraction of sp³-hybridized carbons (Fsp3) is 0.727. The summed E-state index contributed by atoms with van der Waals surface area (Å²) in [4.78, 5) is -0.0247. The lowest BCUT2D eigenvalue weighted by Gasteiger charge is -2.39. The van der Waals surface area contributed by atoms with Crippen LogP contribution >= 0.6 is 0 Å². The molecule has 3 unspecified atom stereocenters. The van der Waals surface area contributed by atoms with E-state index in [1.165, 1.54) is 16.4 Å². The average molecular weight is 508 g/mol. The molecule has 190 valence electrons. The highest BCUT2D eigenvalue weighted by Gasteiger charge is 2.42. The molecule has 1 aromatic rings. The predicted molar refractivity (Wildman–Crippen MR) is 125 cm³/mol. The third kappa shape index (κ3) is 7.53. The molecule has 1 aromatic carbocycles. The number of sulfonamides is 1. The van der Waals surface area contributed by atoms with Crippen molar-refractivity contribution in [2.75, 3.05) is 33.0 Å². The molecule has 2 rings (SSSR count). The van der Waals surface area contributed by atoms with Gasteiger partial charge in [0.05, 0.1) is 17.0 Å². The first-order chi connectivity index (χ1) is 15.7. The van der Waals surface area contributed by atoms with Crippen molar-refractivity contribution in [3.8, 4) is 0 Å². The number of halogens is 1. The van der Waals surface area contributed by atoms with Gasteiger partial charge in [0.15, 0.2) is 0 Å². The maximum Gasteiger partial charge on any atom is 0.500 e. The molecule has 0 saturated heterocycles. The van der Waals surface area contributed by atoms with Gasteiger partial charge in [-0.1, -0.05) is 0 Å². The van der Waals surface area contributed by atoms with Crippen molar-refractivity contribution in [3.05, 3.63) is 30.1 Å². The molecular weight excluding hydrogens is 469 g/mol. The summed E-state index contributed by atoms with van der Waals surface area (Å²) in [6.45, 7) is 6.95. The van der Waals surface area contributed by atoms with E-state index >= 15 is 0 Å². The lowest BCUT2D eigenvalue weighted by molar-refractivity contribution is 0.0192. The number of rotatable bonds is 14. The Morgan fingerprint density at radius 3 is 2.12 bits per heavy atom. The molecule has 0 aromatic heterocycles. The molecule has 8 nitrogen and oxygen atoms in total. The van der Waals surface area contributed by atoms with Gasteiger partial charge in [-0.25, -0.2) is 12.8 Å². The van der Waals surface area contributed by atoms with Crippen LogP contribution in [0.4, 0.5) is 4.39 Å². The summed E-state index contributed by atoms with van der Waals surface area (Å²) in [6.07, 6.45) is 0.880. The van der Waals surface area contributed by atoms with Gasteiger partial charge >= 0.3 is 8.80 Å². The minimum atomic E-state index is -3.99. The minimum Gasteiger partial charge on any atom is -0.396 e. The molecule has 0 spiro atoms. The molecule has 33 heavy (non-hydrogen) atoms. The predicted octanol–water partition coefficient (Wildman–Crippen LogP) is 2.78. The van der Waals surface area contributed by atoms with E-state index in [1.807, 2.05) is 20.8 Å². The van der Waals surface area contributed by atoms with Gasteiger partial charge in [0, 0.05) is 39.0 Å². The maximum absolute atomic E-state index is 13.5. The number of hydrogen-bond donors (Lipinski definition) is 2. The molecular formula is C22H38FNO7SSi. The van der Waals surface area contributed by atoms with E-state index in [4.69, 9.17) is 13.3 Å². The Morgan fingerprint density at radius 1 is 1.06 bits per heavy atom. The van der Waals surface area contributed by atoms with Gasteiger partial charge in [0.25, 0.3) is 0 Å². The van der Waals surface area contributed by atoms with Crippen LogP contribution in [0.3, 0.4) is 0 Å². The lowest BCUT2D eigenvalue weighted by Crippen LogP contribution is -2.51. The Morgan fingerprint density at radius 2 is 1.64 bits per heavy atom. The van der Waals surface area contributed by atoms with E-state index in [2.05, 4.69) is 0 Å². The second-order valence-electron chi connectivity index (χ2n) is 8.15. The number of aliphatic hydroxyl groups excluding tert-OH is 2. The number of nitrogens with zero attached hydrogens (tertiary/aromatic N) is 1. The Balaban J connectivity index is 2.28. The molecule has 2 N–H and O–H groups in total. The molecule has 1 aliphatic rings. The molecule has 0 amide bonds. The number of hydrogen-bond acceptors (Lipinski definition) is 7. The molecule has 1 saturated carbocycles. The van der Waals surface area contributed by atoms with E-state index in [1.54, 1.807) is 0 Å². The van der Waals surface area contributed by atoms with Crippen molar-refractivity contribution in [1.29, 1.82) is 0 Å². The van der Waals surface area contributed by atoms with Crippen LogP contribution in [-0.2, 0) is 23.3 Å². The fourth-order valence-corrected chi connectivity index (χ4v) is 8.69. The zero-order valence-corrected chi connectivity index (χ0v) is 21.6. The topological polar surface area (TPSA) is 106 Å². The monoisotopic (exact) mass is 507 g/mol. The Hall–Kier alpha value is -0.923. The standard InChI is InChI=1S/C22H38FNO7SSi/c1-4-29-33(30-5-2,31-6-3)15-7-14-24(21-13-8-18(17-25)16-22(21)26)32(27,28)20-11-9-19(23)10-12-20/h9-12,18,21-22,25-26H,4-8,13-17H2,1-3H3. The highest BCUT2D eigenvalue weighted by atomic mass is 32.2. The van der Waals surface area contributed by atoms with Gasteiger partial charge in [0.1, 0.15) is 5.82 Å². The molecule has 0 heterocycles. The van der Waals surface area contributed by atoms with E-state index < -0.39 is 36.8 Å². The SMILES string of the molecule is CCO[Si](CCCN(C1CCC(CO)CC1O)S(=O)(=O)c1ccc(F)cc1)(OCC)OCC. The summed E-state index contributed by atoms with van der Waals surface area (Å²) in [6, 6.07) is 4.50. The van der Waals surface area contributed by atoms with Crippen LogP contribution in [0.2, 0.25) is 6.04 Å². The zero-order chi connectivity index (χ0) is 24.5. The molecule has 1 aliphatic carbocycles. The number of aliphatic hydroxyl groups is 2. The fourth-order valence-electron chi connectivity index (χ4n) is 4.38. The highest BCUT2D eigenvalue weighted by molar-refractivity contribution is 7.89. The quantitative estimate of drug-likeness (QED) is 0.373. The first kappa shape index (κ1) is 28.3. The van der Waals surface area contributed by atoms with E-state index in [-0.39, 0.29) is 24.0 Å². The summed E-state index contributed by atoms with van der Waals surface area (Å²) < 4.78 is 59.4. The summed E-state index contributed by atoms with van der Waals surface area (Å²) >= 11 is 0. The average Bonchev–Trinajstić information content (AvgIpc) is 2.78. The second kappa shape index (κ2) is 13.2. The first-order valence-electron chi connectivity index (χ1n) is 11.7. The summed E-state index contributed by atoms with van der Waals surface area (Å²) in [5.74, 6) is -0.578. The smallest absolute Gasteiger partial charge is 0.396 e. The van der Waals surface area contributed by atoms with Gasteiger partial charge in [-0.2, -0.15) is 4.31 Å². The van der Waals surface area contributed by atoms with Crippen molar-refractivity contribution in [1.82, 2.24) is 4.31 Å². The van der Waals surface area contributed by atoms with Crippen molar-refractivity contribution >= 4 is 18.8 Å². The normalized spacial score (nSPS) is 22.1. The third-order valence-electron chi connectivity index (χ3n) is 5.89. The van der Waals surface area contributed by atoms with Crippen molar-refractivity contribution < 1.29 is 36.3 Å². The summed E-state index contributed by atoms with van der Waals surface area (Å²) in [7, 11) is -6.95. The number of benzene rings is 1. The molecule has 0 aliphatic heterocycles. The van der Waals surface area contributed by atoms with E-state index in [0.717, 1.165) is 12.1 Å². The van der Waals surface area contributed by atoms with Crippen LogP contribution in [0, 0.1) is 11.7 Å². The van der Waals surface area contributed by atoms with Gasteiger partial charge < -0.3 is 23.5 Å². The second-order valence-corrected chi connectivity index (χ2v) is 12.8. The van der Waals surface area contributed by atoms with E-state index in [0.29, 0.717) is 51.5 Å². The highest BCUT2D eigenvalue weighted by Crippen LogP contribution is 2.32. The van der Waals surface area contributed by atoms with Crippen LogP contribution in [0.5, 0.6) is 0 Å². The summed E-state index contributed by atoms with van der Waals surface area (Å²) in [5.41, 5.74) is 0. The third-order valence-corrected chi connectivity index (χ3v) is 11.0. The molecule has 0 bridgehead atoms. The zero-order valence-electron chi connectivity index (χ0n) is 19.8. The van der Waals surface area contributed by atoms with Crippen LogP contribution < -0.4 is 0 Å². The van der Waals surface area contributed by atoms with Gasteiger partial charge in [0.2, 0.25) is 10.0 Å².